The van der Waals surface area contributed by atoms with E-state index in [-0.39, 0.29) is 12.1 Å². The first-order chi connectivity index (χ1) is 10.8. The Morgan fingerprint density at radius 1 is 1.39 bits per heavy atom. The van der Waals surface area contributed by atoms with E-state index in [0.29, 0.717) is 11.6 Å². The number of pyridine rings is 1. The number of benzene rings is 1. The normalized spacial score (nSPS) is 18.4. The lowest BCUT2D eigenvalue weighted by molar-refractivity contribution is 0.0225. The highest BCUT2D eigenvalue weighted by molar-refractivity contribution is 6.31. The van der Waals surface area contributed by atoms with Gasteiger partial charge in [-0.1, -0.05) is 11.6 Å². The smallest absolute Gasteiger partial charge is 0.410 e. The summed E-state index contributed by atoms with van der Waals surface area (Å²) in [6.07, 6.45) is 5.19. The van der Waals surface area contributed by atoms with Crippen LogP contribution in [-0.4, -0.2) is 28.1 Å². The summed E-state index contributed by atoms with van der Waals surface area (Å²) in [4.78, 5) is 18.5. The third kappa shape index (κ3) is 3.42. The molecule has 1 saturated heterocycles. The van der Waals surface area contributed by atoms with Gasteiger partial charge in [-0.3, -0.25) is 4.98 Å². The molecule has 3 rings (SSSR count). The third-order valence-corrected chi connectivity index (χ3v) is 4.21. The lowest BCUT2D eigenvalue weighted by Gasteiger charge is -2.29. The molecule has 0 aliphatic carbocycles. The van der Waals surface area contributed by atoms with Gasteiger partial charge < -0.3 is 9.64 Å². The summed E-state index contributed by atoms with van der Waals surface area (Å²) < 4.78 is 5.56. The van der Waals surface area contributed by atoms with E-state index < -0.39 is 5.60 Å². The maximum atomic E-state index is 12.5. The van der Waals surface area contributed by atoms with Crippen LogP contribution in [0.2, 0.25) is 5.02 Å². The Morgan fingerprint density at radius 3 is 2.91 bits per heavy atom. The molecular formula is C18H21ClN2O2. The van der Waals surface area contributed by atoms with Crippen molar-refractivity contribution in [2.45, 2.75) is 45.3 Å². The zero-order valence-electron chi connectivity index (χ0n) is 13.7. The Labute approximate surface area is 141 Å². The number of aromatic nitrogens is 1. The van der Waals surface area contributed by atoms with Crippen LogP contribution in [-0.2, 0) is 4.74 Å². The standard InChI is InChI=1S/C18H21ClN2O2/c1-18(2,3)23-17(22)21-8-4-5-16(21)15-10-13(19)9-12-11-20-7-6-14(12)15/h6-7,9-11,16H,4-5,8H2,1-3H3. The van der Waals surface area contributed by atoms with Crippen molar-refractivity contribution in [3.63, 3.8) is 0 Å². The van der Waals surface area contributed by atoms with Crippen LogP contribution >= 0.6 is 11.6 Å². The van der Waals surface area contributed by atoms with E-state index in [1.165, 1.54) is 0 Å². The first kappa shape index (κ1) is 16.1. The highest BCUT2D eigenvalue weighted by Crippen LogP contribution is 2.38. The Kier molecular flexibility index (Phi) is 4.19. The monoisotopic (exact) mass is 332 g/mol. The average molecular weight is 333 g/mol. The number of carbonyl (C=O) groups excluding carboxylic acids is 1. The van der Waals surface area contributed by atoms with Gasteiger partial charge in [-0.25, -0.2) is 4.79 Å². The topological polar surface area (TPSA) is 42.4 Å². The fourth-order valence-electron chi connectivity index (χ4n) is 3.11. The minimum Gasteiger partial charge on any atom is -0.444 e. The molecule has 0 radical (unpaired) electrons. The fourth-order valence-corrected chi connectivity index (χ4v) is 3.34. The van der Waals surface area contributed by atoms with Crippen LogP contribution in [0.15, 0.2) is 30.6 Å². The SMILES string of the molecule is CC(C)(C)OC(=O)N1CCCC1c1cc(Cl)cc2cnccc12. The van der Waals surface area contributed by atoms with Crippen LogP contribution in [0.1, 0.15) is 45.2 Å². The summed E-state index contributed by atoms with van der Waals surface area (Å²) >= 11 is 6.27. The number of fused-ring (bicyclic) bond motifs is 1. The zero-order valence-corrected chi connectivity index (χ0v) is 14.4. The highest BCUT2D eigenvalue weighted by atomic mass is 35.5. The molecule has 1 amide bonds. The number of hydrogen-bond acceptors (Lipinski definition) is 3. The van der Waals surface area contributed by atoms with Crippen molar-refractivity contribution in [1.82, 2.24) is 9.88 Å². The van der Waals surface area contributed by atoms with Gasteiger partial charge in [0.2, 0.25) is 0 Å². The predicted molar refractivity (Wildman–Crippen MR) is 91.7 cm³/mol. The molecule has 2 heterocycles. The Morgan fingerprint density at radius 2 is 2.17 bits per heavy atom. The Hall–Kier alpha value is -1.81. The van der Waals surface area contributed by atoms with E-state index in [9.17, 15) is 4.79 Å². The van der Waals surface area contributed by atoms with Crippen LogP contribution in [0.5, 0.6) is 0 Å². The molecule has 5 heteroatoms. The molecule has 1 fully saturated rings. The largest absolute Gasteiger partial charge is 0.444 e. The molecule has 122 valence electrons. The van der Waals surface area contributed by atoms with Gasteiger partial charge in [0.05, 0.1) is 6.04 Å². The van der Waals surface area contributed by atoms with E-state index in [0.717, 1.165) is 29.2 Å². The molecule has 0 N–H and O–H groups in total. The Balaban J connectivity index is 1.99. The molecule has 1 atom stereocenters. The van der Waals surface area contributed by atoms with Crippen molar-refractivity contribution in [3.8, 4) is 0 Å². The molecule has 0 spiro atoms. The van der Waals surface area contributed by atoms with Crippen molar-refractivity contribution in [2.24, 2.45) is 0 Å². The van der Waals surface area contributed by atoms with Crippen LogP contribution in [0, 0.1) is 0 Å². The van der Waals surface area contributed by atoms with Crippen molar-refractivity contribution in [1.29, 1.82) is 0 Å². The van der Waals surface area contributed by atoms with E-state index in [1.54, 1.807) is 12.4 Å². The molecular weight excluding hydrogens is 312 g/mol. The van der Waals surface area contributed by atoms with Crippen LogP contribution in [0.4, 0.5) is 4.79 Å². The van der Waals surface area contributed by atoms with E-state index >= 15 is 0 Å². The molecule has 0 saturated carbocycles. The number of nitrogens with zero attached hydrogens (tertiary/aromatic N) is 2. The van der Waals surface area contributed by atoms with Crippen molar-refractivity contribution >= 4 is 28.5 Å². The summed E-state index contributed by atoms with van der Waals surface area (Å²) in [5.41, 5.74) is 0.572. The van der Waals surface area contributed by atoms with Gasteiger partial charge in [0.15, 0.2) is 0 Å². The summed E-state index contributed by atoms with van der Waals surface area (Å²) in [5.74, 6) is 0. The van der Waals surface area contributed by atoms with Gasteiger partial charge in [0.25, 0.3) is 0 Å². The lowest BCUT2D eigenvalue weighted by Crippen LogP contribution is -2.36. The molecule has 4 nitrogen and oxygen atoms in total. The lowest BCUT2D eigenvalue weighted by atomic mass is 9.98. The number of ether oxygens (including phenoxy) is 1. The minimum absolute atomic E-state index is 0.00606. The first-order valence-corrected chi connectivity index (χ1v) is 8.26. The molecule has 23 heavy (non-hydrogen) atoms. The molecule has 1 aromatic carbocycles. The van der Waals surface area contributed by atoms with Gasteiger partial charge >= 0.3 is 6.09 Å². The zero-order chi connectivity index (χ0) is 16.6. The number of hydrogen-bond donors (Lipinski definition) is 0. The minimum atomic E-state index is -0.495. The number of likely N-dealkylation sites (tertiary alicyclic amines) is 1. The van der Waals surface area contributed by atoms with Crippen molar-refractivity contribution in [2.75, 3.05) is 6.54 Å². The molecule has 1 aliphatic rings. The first-order valence-electron chi connectivity index (χ1n) is 7.88. The van der Waals surface area contributed by atoms with Gasteiger partial charge in [0, 0.05) is 29.3 Å². The van der Waals surface area contributed by atoms with Gasteiger partial charge in [-0.15, -0.1) is 0 Å². The maximum absolute atomic E-state index is 12.5. The molecule has 1 aliphatic heterocycles. The molecule has 0 bridgehead atoms. The molecule has 1 unspecified atom stereocenters. The summed E-state index contributed by atoms with van der Waals surface area (Å²) in [7, 11) is 0. The number of halogens is 1. The van der Waals surface area contributed by atoms with Crippen molar-refractivity contribution in [3.05, 3.63) is 41.2 Å². The highest BCUT2D eigenvalue weighted by Gasteiger charge is 2.34. The van der Waals surface area contributed by atoms with E-state index in [2.05, 4.69) is 4.98 Å². The second kappa shape index (κ2) is 6.00. The number of carbonyl (C=O) groups is 1. The van der Waals surface area contributed by atoms with Crippen LogP contribution in [0.25, 0.3) is 10.8 Å². The van der Waals surface area contributed by atoms with E-state index in [4.69, 9.17) is 16.3 Å². The van der Waals surface area contributed by atoms with Gasteiger partial charge in [0.1, 0.15) is 5.60 Å². The second-order valence-electron chi connectivity index (χ2n) is 6.92. The summed E-state index contributed by atoms with van der Waals surface area (Å²) in [5, 5.41) is 2.74. The van der Waals surface area contributed by atoms with Gasteiger partial charge in [-0.05, 0) is 62.8 Å². The van der Waals surface area contributed by atoms with Crippen molar-refractivity contribution < 1.29 is 9.53 Å². The average Bonchev–Trinajstić information content (AvgIpc) is 2.93. The van der Waals surface area contributed by atoms with Crippen LogP contribution < -0.4 is 0 Å². The Bertz CT molecular complexity index is 739. The second-order valence-corrected chi connectivity index (χ2v) is 7.36. The predicted octanol–water partition coefficient (Wildman–Crippen LogP) is 4.96. The third-order valence-electron chi connectivity index (χ3n) is 3.99. The maximum Gasteiger partial charge on any atom is 0.410 e. The molecule has 1 aromatic heterocycles. The summed E-state index contributed by atoms with van der Waals surface area (Å²) in [6.45, 7) is 6.36. The quantitative estimate of drug-likeness (QED) is 0.741. The molecule has 2 aromatic rings. The fraction of sp³-hybridized carbons (Fsp3) is 0.444. The summed E-state index contributed by atoms with van der Waals surface area (Å²) in [6, 6.07) is 5.83. The van der Waals surface area contributed by atoms with Gasteiger partial charge in [-0.2, -0.15) is 0 Å². The van der Waals surface area contributed by atoms with E-state index in [1.807, 2.05) is 43.9 Å². The van der Waals surface area contributed by atoms with Crippen LogP contribution in [0.3, 0.4) is 0 Å². The number of amides is 1. The number of rotatable bonds is 1.